The van der Waals surface area contributed by atoms with Crippen molar-refractivity contribution >= 4 is 44.1 Å². The number of aryl methyl sites for hydroxylation is 1. The number of nitrogens with one attached hydrogen (secondary N) is 1. The molecule has 1 N–H and O–H groups in total. The Balaban J connectivity index is 1.73. The van der Waals surface area contributed by atoms with E-state index in [4.69, 9.17) is 4.74 Å². The lowest BCUT2D eigenvalue weighted by molar-refractivity contribution is 0.102. The van der Waals surface area contributed by atoms with Gasteiger partial charge in [0.1, 0.15) is 5.75 Å². The number of carbonyl (C=O) groups excluding carboxylic acids is 1. The molecule has 1 aromatic carbocycles. The van der Waals surface area contributed by atoms with E-state index in [-0.39, 0.29) is 5.91 Å². The summed E-state index contributed by atoms with van der Waals surface area (Å²) in [6.45, 7) is 1.99. The van der Waals surface area contributed by atoms with Gasteiger partial charge in [-0.2, -0.15) is 0 Å². The molecule has 5 nitrogen and oxygen atoms in total. The first kappa shape index (κ1) is 15.5. The van der Waals surface area contributed by atoms with E-state index in [1.807, 2.05) is 42.6 Å². The number of hydrogen-bond acceptors (Lipinski definition) is 5. The molecule has 25 heavy (non-hydrogen) atoms. The summed E-state index contributed by atoms with van der Waals surface area (Å²) in [7, 11) is 1.57. The number of fused-ring (bicyclic) bond motifs is 2. The van der Waals surface area contributed by atoms with Crippen LogP contribution in [0.15, 0.2) is 48.1 Å². The lowest BCUT2D eigenvalue weighted by Crippen LogP contribution is -2.12. The fraction of sp³-hybridized carbons (Fsp3) is 0.105. The number of rotatable bonds is 3. The standard InChI is InChI=1S/C19H15N3O2S/c1-11-6-17-18(21-9-11)13(10-25-17)19(23)22-15-7-12-4-3-5-20-14(12)8-16(15)24-2/h3-10H,1-2H3,(H,22,23). The molecule has 6 heteroatoms. The third-order valence-corrected chi connectivity index (χ3v) is 4.88. The third-order valence-electron chi connectivity index (χ3n) is 3.97. The van der Waals surface area contributed by atoms with Crippen LogP contribution in [0.5, 0.6) is 5.75 Å². The Labute approximate surface area is 148 Å². The monoisotopic (exact) mass is 349 g/mol. The number of methoxy groups -OCH3 is 1. The van der Waals surface area contributed by atoms with Crippen LogP contribution in [-0.2, 0) is 0 Å². The second-order valence-corrected chi connectivity index (χ2v) is 6.62. The van der Waals surface area contributed by atoms with Crippen molar-refractivity contribution < 1.29 is 9.53 Å². The van der Waals surface area contributed by atoms with E-state index in [2.05, 4.69) is 15.3 Å². The maximum absolute atomic E-state index is 12.8. The van der Waals surface area contributed by atoms with Crippen molar-refractivity contribution in [3.63, 3.8) is 0 Å². The summed E-state index contributed by atoms with van der Waals surface area (Å²) in [5, 5.41) is 5.71. The van der Waals surface area contributed by atoms with Gasteiger partial charge in [0.2, 0.25) is 0 Å². The zero-order valence-corrected chi connectivity index (χ0v) is 14.6. The summed E-state index contributed by atoms with van der Waals surface area (Å²) in [4.78, 5) is 21.5. The number of benzene rings is 1. The van der Waals surface area contributed by atoms with Crippen LogP contribution < -0.4 is 10.1 Å². The SMILES string of the molecule is COc1cc2ncccc2cc1NC(=O)c1csc2cc(C)cnc12. The molecular formula is C19H15N3O2S. The van der Waals surface area contributed by atoms with Gasteiger partial charge in [0.05, 0.1) is 34.1 Å². The average Bonchev–Trinajstić information content (AvgIpc) is 3.04. The molecule has 0 fully saturated rings. The van der Waals surface area contributed by atoms with E-state index >= 15 is 0 Å². The van der Waals surface area contributed by atoms with Gasteiger partial charge >= 0.3 is 0 Å². The highest BCUT2D eigenvalue weighted by Crippen LogP contribution is 2.31. The van der Waals surface area contributed by atoms with E-state index in [0.29, 0.717) is 17.0 Å². The summed E-state index contributed by atoms with van der Waals surface area (Å²) in [6, 6.07) is 9.52. The summed E-state index contributed by atoms with van der Waals surface area (Å²) in [5.74, 6) is 0.368. The average molecular weight is 349 g/mol. The Hall–Kier alpha value is -2.99. The number of pyridine rings is 2. The van der Waals surface area contributed by atoms with Crippen molar-refractivity contribution in [2.24, 2.45) is 0 Å². The molecule has 3 heterocycles. The minimum Gasteiger partial charge on any atom is -0.494 e. The van der Waals surface area contributed by atoms with E-state index in [1.54, 1.807) is 19.5 Å². The Morgan fingerprint density at radius 2 is 2.12 bits per heavy atom. The van der Waals surface area contributed by atoms with E-state index in [0.717, 1.165) is 26.7 Å². The quantitative estimate of drug-likeness (QED) is 0.595. The lowest BCUT2D eigenvalue weighted by atomic mass is 10.1. The van der Waals surface area contributed by atoms with Gasteiger partial charge in [-0.25, -0.2) is 0 Å². The van der Waals surface area contributed by atoms with E-state index in [9.17, 15) is 4.79 Å². The van der Waals surface area contributed by atoms with Crippen molar-refractivity contribution in [1.29, 1.82) is 0 Å². The highest BCUT2D eigenvalue weighted by molar-refractivity contribution is 7.17. The van der Waals surface area contributed by atoms with Gasteiger partial charge in [0, 0.05) is 29.2 Å². The Bertz CT molecular complexity index is 1100. The molecule has 0 aliphatic heterocycles. The predicted octanol–water partition coefficient (Wildman–Crippen LogP) is 4.41. The van der Waals surface area contributed by atoms with Crippen LogP contribution in [0, 0.1) is 6.92 Å². The molecule has 0 atom stereocenters. The largest absolute Gasteiger partial charge is 0.494 e. The number of ether oxygens (including phenoxy) is 1. The first-order valence-electron chi connectivity index (χ1n) is 7.73. The highest BCUT2D eigenvalue weighted by Gasteiger charge is 2.16. The molecule has 0 saturated heterocycles. The van der Waals surface area contributed by atoms with Crippen molar-refractivity contribution in [3.05, 3.63) is 59.2 Å². The third kappa shape index (κ3) is 2.81. The Kier molecular flexibility index (Phi) is 3.82. The number of thiophene rings is 1. The zero-order chi connectivity index (χ0) is 17.4. The lowest BCUT2D eigenvalue weighted by Gasteiger charge is -2.11. The second-order valence-electron chi connectivity index (χ2n) is 5.71. The number of hydrogen-bond donors (Lipinski definition) is 1. The zero-order valence-electron chi connectivity index (χ0n) is 13.7. The molecular weight excluding hydrogens is 334 g/mol. The van der Waals surface area contributed by atoms with Crippen LogP contribution in [0.2, 0.25) is 0 Å². The van der Waals surface area contributed by atoms with Crippen LogP contribution in [0.1, 0.15) is 15.9 Å². The van der Waals surface area contributed by atoms with Gasteiger partial charge in [0.25, 0.3) is 5.91 Å². The van der Waals surface area contributed by atoms with E-state index < -0.39 is 0 Å². The summed E-state index contributed by atoms with van der Waals surface area (Å²) in [6.07, 6.45) is 3.50. The van der Waals surface area contributed by atoms with Crippen LogP contribution in [0.4, 0.5) is 5.69 Å². The molecule has 1 amide bonds. The number of amides is 1. The molecule has 0 radical (unpaired) electrons. The first-order valence-corrected chi connectivity index (χ1v) is 8.61. The van der Waals surface area contributed by atoms with Crippen LogP contribution >= 0.6 is 11.3 Å². The fourth-order valence-electron chi connectivity index (χ4n) is 2.73. The summed E-state index contributed by atoms with van der Waals surface area (Å²) >= 11 is 1.51. The van der Waals surface area contributed by atoms with Crippen LogP contribution in [0.25, 0.3) is 21.1 Å². The molecule has 124 valence electrons. The number of carbonyl (C=O) groups is 1. The van der Waals surface area contributed by atoms with Gasteiger partial charge in [-0.15, -0.1) is 11.3 Å². The molecule has 0 aliphatic rings. The minimum absolute atomic E-state index is 0.204. The van der Waals surface area contributed by atoms with Gasteiger partial charge < -0.3 is 10.1 Å². The first-order chi connectivity index (χ1) is 12.2. The molecule has 0 saturated carbocycles. The Morgan fingerprint density at radius 1 is 1.24 bits per heavy atom. The second kappa shape index (κ2) is 6.14. The van der Waals surface area contributed by atoms with Gasteiger partial charge in [-0.05, 0) is 30.7 Å². The molecule has 0 bridgehead atoms. The molecule has 4 aromatic rings. The smallest absolute Gasteiger partial charge is 0.258 e. The summed E-state index contributed by atoms with van der Waals surface area (Å²) < 4.78 is 6.41. The van der Waals surface area contributed by atoms with Crippen molar-refractivity contribution in [3.8, 4) is 5.75 Å². The number of aromatic nitrogens is 2. The topological polar surface area (TPSA) is 64.1 Å². The molecule has 0 aliphatic carbocycles. The Morgan fingerprint density at radius 3 is 2.96 bits per heavy atom. The molecule has 0 spiro atoms. The van der Waals surface area contributed by atoms with Gasteiger partial charge in [0.15, 0.2) is 0 Å². The van der Waals surface area contributed by atoms with Crippen LogP contribution in [0.3, 0.4) is 0 Å². The molecule has 3 aromatic heterocycles. The van der Waals surface area contributed by atoms with Crippen LogP contribution in [-0.4, -0.2) is 23.0 Å². The number of anilines is 1. The van der Waals surface area contributed by atoms with Gasteiger partial charge in [-0.1, -0.05) is 6.07 Å². The van der Waals surface area contributed by atoms with Crippen molar-refractivity contribution in [2.75, 3.05) is 12.4 Å². The number of nitrogens with zero attached hydrogens (tertiary/aromatic N) is 2. The van der Waals surface area contributed by atoms with Crippen molar-refractivity contribution in [1.82, 2.24) is 9.97 Å². The maximum Gasteiger partial charge on any atom is 0.258 e. The van der Waals surface area contributed by atoms with Crippen molar-refractivity contribution in [2.45, 2.75) is 6.92 Å². The minimum atomic E-state index is -0.204. The summed E-state index contributed by atoms with van der Waals surface area (Å²) in [5.41, 5.74) is 3.78. The fourth-order valence-corrected chi connectivity index (χ4v) is 3.72. The molecule has 4 rings (SSSR count). The normalized spacial score (nSPS) is 11.0. The highest BCUT2D eigenvalue weighted by atomic mass is 32.1. The predicted molar refractivity (Wildman–Crippen MR) is 101 cm³/mol. The molecule has 0 unspecified atom stereocenters. The van der Waals surface area contributed by atoms with E-state index in [1.165, 1.54) is 11.3 Å². The maximum atomic E-state index is 12.8. The van der Waals surface area contributed by atoms with Gasteiger partial charge in [-0.3, -0.25) is 14.8 Å².